The molecule has 2 N–H and O–H groups in total. The van der Waals surface area contributed by atoms with E-state index in [1.54, 1.807) is 6.20 Å². The summed E-state index contributed by atoms with van der Waals surface area (Å²) in [5.74, 6) is 0.910. The average Bonchev–Trinajstić information content (AvgIpc) is 2.83. The largest absolute Gasteiger partial charge is 0.330 e. The fourth-order valence-corrected chi connectivity index (χ4v) is 2.52. The number of halogens is 1. The van der Waals surface area contributed by atoms with Crippen LogP contribution >= 0.6 is 11.6 Å². The molecule has 0 aliphatic heterocycles. The number of imidazole rings is 1. The van der Waals surface area contributed by atoms with E-state index in [0.717, 1.165) is 35.5 Å². The monoisotopic (exact) mass is 300 g/mol. The molecule has 0 fully saturated rings. The van der Waals surface area contributed by atoms with E-state index in [4.69, 9.17) is 22.3 Å². The number of hydrogen-bond donors (Lipinski definition) is 1. The molecule has 0 amide bonds. The lowest BCUT2D eigenvalue weighted by Gasteiger charge is -2.08. The molecule has 0 spiro atoms. The van der Waals surface area contributed by atoms with E-state index in [2.05, 4.69) is 40.7 Å². The van der Waals surface area contributed by atoms with Crippen molar-refractivity contribution in [3.63, 3.8) is 0 Å². The van der Waals surface area contributed by atoms with Gasteiger partial charge in [0.15, 0.2) is 5.65 Å². The van der Waals surface area contributed by atoms with Crippen LogP contribution in [0.5, 0.6) is 0 Å². The van der Waals surface area contributed by atoms with Gasteiger partial charge in [-0.3, -0.25) is 0 Å². The summed E-state index contributed by atoms with van der Waals surface area (Å²) in [4.78, 5) is 9.13. The Kier molecular flexibility index (Phi) is 3.90. The fraction of sp³-hybridized carbons (Fsp3) is 0.250. The summed E-state index contributed by atoms with van der Waals surface area (Å²) in [6.45, 7) is 3.51. The highest BCUT2D eigenvalue weighted by atomic mass is 35.5. The molecule has 4 nitrogen and oxygen atoms in total. The molecule has 0 bridgehead atoms. The normalized spacial score (nSPS) is 11.2. The Morgan fingerprint density at radius 2 is 2.00 bits per heavy atom. The highest BCUT2D eigenvalue weighted by Crippen LogP contribution is 2.25. The Morgan fingerprint density at radius 1 is 1.24 bits per heavy atom. The minimum Gasteiger partial charge on any atom is -0.330 e. The van der Waals surface area contributed by atoms with Crippen molar-refractivity contribution in [2.45, 2.75) is 19.9 Å². The highest BCUT2D eigenvalue weighted by Gasteiger charge is 2.13. The molecule has 0 aliphatic carbocycles. The minimum atomic E-state index is 0.599. The van der Waals surface area contributed by atoms with E-state index >= 15 is 0 Å². The van der Waals surface area contributed by atoms with Crippen molar-refractivity contribution < 1.29 is 0 Å². The number of aromatic nitrogens is 3. The summed E-state index contributed by atoms with van der Waals surface area (Å²) in [6.07, 6.45) is 2.54. The van der Waals surface area contributed by atoms with Gasteiger partial charge in [-0.1, -0.05) is 41.4 Å². The van der Waals surface area contributed by atoms with Gasteiger partial charge in [0.05, 0.1) is 5.02 Å². The Bertz CT molecular complexity index is 762. The van der Waals surface area contributed by atoms with E-state index in [1.165, 1.54) is 5.56 Å². The van der Waals surface area contributed by atoms with Gasteiger partial charge in [-0.15, -0.1) is 0 Å². The molecule has 1 aromatic carbocycles. The van der Waals surface area contributed by atoms with Crippen LogP contribution in [0.25, 0.3) is 22.6 Å². The van der Waals surface area contributed by atoms with Crippen molar-refractivity contribution in [3.05, 3.63) is 47.1 Å². The van der Waals surface area contributed by atoms with Crippen molar-refractivity contribution in [2.24, 2.45) is 5.73 Å². The third-order valence-electron chi connectivity index (χ3n) is 3.45. The van der Waals surface area contributed by atoms with Crippen molar-refractivity contribution >= 4 is 22.8 Å². The summed E-state index contributed by atoms with van der Waals surface area (Å²) in [5.41, 5.74) is 9.61. The van der Waals surface area contributed by atoms with Crippen molar-refractivity contribution in [2.75, 3.05) is 6.54 Å². The van der Waals surface area contributed by atoms with Gasteiger partial charge in [0, 0.05) is 18.3 Å². The second-order valence-corrected chi connectivity index (χ2v) is 5.53. The van der Waals surface area contributed by atoms with Gasteiger partial charge in [-0.2, -0.15) is 0 Å². The smallest absolute Gasteiger partial charge is 0.160 e. The van der Waals surface area contributed by atoms with Gasteiger partial charge in [-0.05, 0) is 26.0 Å². The van der Waals surface area contributed by atoms with Gasteiger partial charge in [-0.25, -0.2) is 9.97 Å². The van der Waals surface area contributed by atoms with Crippen LogP contribution in [-0.4, -0.2) is 21.1 Å². The molecule has 108 valence electrons. The third-order valence-corrected chi connectivity index (χ3v) is 3.65. The molecule has 2 aromatic heterocycles. The zero-order valence-electron chi connectivity index (χ0n) is 11.9. The molecular formula is C16H17ClN4. The number of aryl methyl sites for hydroxylation is 2. The molecule has 0 saturated carbocycles. The number of nitrogens with zero attached hydrogens (tertiary/aromatic N) is 3. The van der Waals surface area contributed by atoms with Crippen LogP contribution in [0.3, 0.4) is 0 Å². The van der Waals surface area contributed by atoms with Gasteiger partial charge in [0.2, 0.25) is 0 Å². The zero-order chi connectivity index (χ0) is 14.8. The molecule has 0 saturated heterocycles. The first kappa shape index (κ1) is 14.0. The van der Waals surface area contributed by atoms with Gasteiger partial charge >= 0.3 is 0 Å². The number of pyridine rings is 1. The van der Waals surface area contributed by atoms with Gasteiger partial charge in [0.25, 0.3) is 0 Å². The topological polar surface area (TPSA) is 56.7 Å². The number of rotatable bonds is 4. The lowest BCUT2D eigenvalue weighted by atomic mass is 10.1. The molecule has 0 atom stereocenters. The van der Waals surface area contributed by atoms with E-state index in [-0.39, 0.29) is 0 Å². The third kappa shape index (κ3) is 2.77. The highest BCUT2D eigenvalue weighted by molar-refractivity contribution is 6.31. The van der Waals surface area contributed by atoms with E-state index in [9.17, 15) is 0 Å². The van der Waals surface area contributed by atoms with Gasteiger partial charge < -0.3 is 10.3 Å². The molecule has 0 radical (unpaired) electrons. The summed E-state index contributed by atoms with van der Waals surface area (Å²) in [6, 6.07) is 10.2. The fourth-order valence-electron chi connectivity index (χ4n) is 2.37. The molecule has 0 aliphatic rings. The quantitative estimate of drug-likeness (QED) is 0.803. The van der Waals surface area contributed by atoms with Crippen LogP contribution in [0.4, 0.5) is 0 Å². The van der Waals surface area contributed by atoms with E-state index < -0.39 is 0 Å². The van der Waals surface area contributed by atoms with E-state index in [1.807, 2.05) is 6.07 Å². The summed E-state index contributed by atoms with van der Waals surface area (Å²) in [7, 11) is 0. The Hall–Kier alpha value is -1.91. The maximum atomic E-state index is 6.02. The molecule has 3 rings (SSSR count). The van der Waals surface area contributed by atoms with Crippen LogP contribution in [0.15, 0.2) is 36.5 Å². The van der Waals surface area contributed by atoms with Crippen LogP contribution in [0.2, 0.25) is 5.02 Å². The molecule has 2 heterocycles. The maximum Gasteiger partial charge on any atom is 0.160 e. The van der Waals surface area contributed by atoms with Crippen LogP contribution in [0.1, 0.15) is 12.0 Å². The predicted octanol–water partition coefficient (Wildman–Crippen LogP) is 3.41. The number of nitrogens with two attached hydrogens (primary N) is 1. The first-order valence-corrected chi connectivity index (χ1v) is 7.36. The SMILES string of the molecule is Cc1ccc(-c2nc3cc(Cl)cnc3n2CCCN)cc1. The summed E-state index contributed by atoms with van der Waals surface area (Å²) in [5, 5.41) is 0.599. The number of hydrogen-bond acceptors (Lipinski definition) is 3. The molecule has 5 heteroatoms. The zero-order valence-corrected chi connectivity index (χ0v) is 12.6. The Morgan fingerprint density at radius 3 is 2.71 bits per heavy atom. The van der Waals surface area contributed by atoms with Crippen LogP contribution in [0, 0.1) is 6.92 Å². The second-order valence-electron chi connectivity index (χ2n) is 5.09. The maximum absolute atomic E-state index is 6.02. The Labute approximate surface area is 128 Å². The predicted molar refractivity (Wildman–Crippen MR) is 86.4 cm³/mol. The molecular weight excluding hydrogens is 284 g/mol. The van der Waals surface area contributed by atoms with Crippen molar-refractivity contribution in [1.82, 2.24) is 14.5 Å². The summed E-state index contributed by atoms with van der Waals surface area (Å²) >= 11 is 6.02. The number of fused-ring (bicyclic) bond motifs is 1. The first-order valence-electron chi connectivity index (χ1n) is 6.98. The van der Waals surface area contributed by atoms with Crippen molar-refractivity contribution in [3.8, 4) is 11.4 Å². The first-order chi connectivity index (χ1) is 10.2. The number of benzene rings is 1. The van der Waals surface area contributed by atoms with Crippen LogP contribution in [-0.2, 0) is 6.54 Å². The van der Waals surface area contributed by atoms with Crippen LogP contribution < -0.4 is 5.73 Å². The second kappa shape index (κ2) is 5.84. The van der Waals surface area contributed by atoms with Gasteiger partial charge in [0.1, 0.15) is 11.3 Å². The minimum absolute atomic E-state index is 0.599. The van der Waals surface area contributed by atoms with Crippen molar-refractivity contribution in [1.29, 1.82) is 0 Å². The molecule has 21 heavy (non-hydrogen) atoms. The lowest BCUT2D eigenvalue weighted by Crippen LogP contribution is -2.07. The Balaban J connectivity index is 2.17. The standard InChI is InChI=1S/C16H17ClN4/c1-11-3-5-12(6-4-11)15-20-14-9-13(17)10-19-16(14)21(15)8-2-7-18/h3-6,9-10H,2,7-8,18H2,1H3. The van der Waals surface area contributed by atoms with E-state index in [0.29, 0.717) is 11.6 Å². The molecule has 3 aromatic rings. The summed E-state index contributed by atoms with van der Waals surface area (Å²) < 4.78 is 2.11. The molecule has 0 unspecified atom stereocenters. The average molecular weight is 301 g/mol. The lowest BCUT2D eigenvalue weighted by molar-refractivity contribution is 0.667.